The molecule has 0 bridgehead atoms. The number of nitrogens with zero attached hydrogens (tertiary/aromatic N) is 1. The van der Waals surface area contributed by atoms with Gasteiger partial charge in [0.2, 0.25) is 0 Å². The van der Waals surface area contributed by atoms with Crippen LogP contribution in [0.5, 0.6) is 5.75 Å². The van der Waals surface area contributed by atoms with E-state index in [0.717, 1.165) is 11.1 Å². The number of aryl methyl sites for hydroxylation is 2. The quantitative estimate of drug-likeness (QED) is 0.751. The molecule has 0 saturated heterocycles. The van der Waals surface area contributed by atoms with Crippen LogP contribution in [0, 0.1) is 13.8 Å². The van der Waals surface area contributed by atoms with Gasteiger partial charge in [0.15, 0.2) is 5.76 Å². The third kappa shape index (κ3) is 3.36. The molecular weight excluding hydrogens is 340 g/mol. The van der Waals surface area contributed by atoms with Crippen LogP contribution >= 0.6 is 0 Å². The van der Waals surface area contributed by atoms with Crippen LogP contribution in [-0.2, 0) is 10.0 Å². The highest BCUT2D eigenvalue weighted by Crippen LogP contribution is 2.32. The SMILES string of the molecule is COc1cc(-c2ccno2)ccc1S(=O)(=O)Nc1c(C)cccc1C. The Bertz CT molecular complexity index is 976. The summed E-state index contributed by atoms with van der Waals surface area (Å²) in [6.45, 7) is 3.71. The van der Waals surface area contributed by atoms with Crippen molar-refractivity contribution < 1.29 is 17.7 Å². The van der Waals surface area contributed by atoms with E-state index >= 15 is 0 Å². The molecule has 6 nitrogen and oxygen atoms in total. The van der Waals surface area contributed by atoms with Gasteiger partial charge in [-0.15, -0.1) is 0 Å². The Hall–Kier alpha value is -2.80. The van der Waals surface area contributed by atoms with Gasteiger partial charge in [0, 0.05) is 11.6 Å². The first-order chi connectivity index (χ1) is 11.9. The zero-order valence-electron chi connectivity index (χ0n) is 14.1. The molecule has 0 amide bonds. The van der Waals surface area contributed by atoms with Crippen LogP contribution in [0.4, 0.5) is 5.69 Å². The van der Waals surface area contributed by atoms with Crippen molar-refractivity contribution in [2.75, 3.05) is 11.8 Å². The normalized spacial score (nSPS) is 11.3. The monoisotopic (exact) mass is 358 g/mol. The molecule has 0 saturated carbocycles. The minimum Gasteiger partial charge on any atom is -0.495 e. The minimum atomic E-state index is -3.81. The van der Waals surface area contributed by atoms with E-state index in [1.54, 1.807) is 18.2 Å². The number of hydrogen-bond acceptors (Lipinski definition) is 5. The van der Waals surface area contributed by atoms with Gasteiger partial charge < -0.3 is 9.26 Å². The van der Waals surface area contributed by atoms with Gasteiger partial charge in [0.1, 0.15) is 10.6 Å². The Balaban J connectivity index is 2.02. The molecule has 0 aliphatic carbocycles. The maximum Gasteiger partial charge on any atom is 0.265 e. The zero-order chi connectivity index (χ0) is 18.0. The third-order valence-corrected chi connectivity index (χ3v) is 5.28. The molecule has 7 heteroatoms. The summed E-state index contributed by atoms with van der Waals surface area (Å²) in [7, 11) is -2.38. The zero-order valence-corrected chi connectivity index (χ0v) is 14.9. The van der Waals surface area contributed by atoms with E-state index in [2.05, 4.69) is 9.88 Å². The predicted octanol–water partition coefficient (Wildman–Crippen LogP) is 3.77. The van der Waals surface area contributed by atoms with E-state index in [1.807, 2.05) is 32.0 Å². The number of benzene rings is 2. The number of anilines is 1. The van der Waals surface area contributed by atoms with Crippen LogP contribution in [0.15, 0.2) is 58.1 Å². The van der Waals surface area contributed by atoms with Gasteiger partial charge in [-0.25, -0.2) is 8.42 Å². The summed E-state index contributed by atoms with van der Waals surface area (Å²) in [4.78, 5) is 0.0564. The number of hydrogen-bond donors (Lipinski definition) is 1. The summed E-state index contributed by atoms with van der Waals surface area (Å²) in [6.07, 6.45) is 1.52. The van der Waals surface area contributed by atoms with Gasteiger partial charge in [-0.1, -0.05) is 23.4 Å². The molecule has 3 rings (SSSR count). The molecule has 2 aromatic carbocycles. The summed E-state index contributed by atoms with van der Waals surface area (Å²) in [5.41, 5.74) is 2.95. The van der Waals surface area contributed by atoms with Crippen LogP contribution in [0.3, 0.4) is 0 Å². The first kappa shape index (κ1) is 17.0. The highest BCUT2D eigenvalue weighted by atomic mass is 32.2. The van der Waals surface area contributed by atoms with Crippen molar-refractivity contribution in [1.82, 2.24) is 5.16 Å². The standard InChI is InChI=1S/C18H18N2O4S/c1-12-5-4-6-13(2)18(12)20-25(21,22)17-8-7-14(11-16(17)23-3)15-9-10-19-24-15/h4-11,20H,1-3H3. The van der Waals surface area contributed by atoms with Crippen LogP contribution in [0.1, 0.15) is 11.1 Å². The fourth-order valence-electron chi connectivity index (χ4n) is 2.57. The lowest BCUT2D eigenvalue weighted by Crippen LogP contribution is -2.15. The first-order valence-corrected chi connectivity index (χ1v) is 9.09. The van der Waals surface area contributed by atoms with E-state index in [-0.39, 0.29) is 10.6 Å². The van der Waals surface area contributed by atoms with E-state index in [0.29, 0.717) is 17.0 Å². The minimum absolute atomic E-state index is 0.0564. The second kappa shape index (κ2) is 6.60. The Kier molecular flexibility index (Phi) is 4.50. The average molecular weight is 358 g/mol. The van der Waals surface area contributed by atoms with Crippen LogP contribution in [-0.4, -0.2) is 20.7 Å². The highest BCUT2D eigenvalue weighted by molar-refractivity contribution is 7.92. The summed E-state index contributed by atoms with van der Waals surface area (Å²) in [5.74, 6) is 0.762. The number of rotatable bonds is 5. The fourth-order valence-corrected chi connectivity index (χ4v) is 3.93. The van der Waals surface area contributed by atoms with Crippen molar-refractivity contribution in [1.29, 1.82) is 0 Å². The smallest absolute Gasteiger partial charge is 0.265 e. The topological polar surface area (TPSA) is 81.4 Å². The molecule has 0 aliphatic rings. The summed E-state index contributed by atoms with van der Waals surface area (Å²) < 4.78 is 38.8. The molecular formula is C18H18N2O4S. The summed E-state index contributed by atoms with van der Waals surface area (Å²) in [5, 5.41) is 3.65. The largest absolute Gasteiger partial charge is 0.495 e. The number of sulfonamides is 1. The molecule has 1 heterocycles. The molecule has 0 aliphatic heterocycles. The lowest BCUT2D eigenvalue weighted by atomic mass is 10.1. The van der Waals surface area contributed by atoms with Crippen molar-refractivity contribution in [2.24, 2.45) is 0 Å². The fraction of sp³-hybridized carbons (Fsp3) is 0.167. The van der Waals surface area contributed by atoms with Crippen molar-refractivity contribution in [2.45, 2.75) is 18.7 Å². The highest BCUT2D eigenvalue weighted by Gasteiger charge is 2.22. The Morgan fingerprint density at radius 1 is 1.08 bits per heavy atom. The molecule has 0 fully saturated rings. The number of ether oxygens (including phenoxy) is 1. The first-order valence-electron chi connectivity index (χ1n) is 7.60. The Morgan fingerprint density at radius 3 is 2.40 bits per heavy atom. The second-order valence-electron chi connectivity index (χ2n) is 5.61. The number of aromatic nitrogens is 1. The van der Waals surface area contributed by atoms with Crippen molar-refractivity contribution in [3.8, 4) is 17.1 Å². The van der Waals surface area contributed by atoms with Crippen molar-refractivity contribution in [3.63, 3.8) is 0 Å². The van der Waals surface area contributed by atoms with E-state index in [9.17, 15) is 8.42 Å². The van der Waals surface area contributed by atoms with Gasteiger partial charge in [-0.2, -0.15) is 0 Å². The van der Waals surface area contributed by atoms with Crippen molar-refractivity contribution in [3.05, 3.63) is 59.8 Å². The summed E-state index contributed by atoms with van der Waals surface area (Å²) in [6, 6.07) is 12.0. The predicted molar refractivity (Wildman–Crippen MR) is 95.2 cm³/mol. The molecule has 130 valence electrons. The third-order valence-electron chi connectivity index (χ3n) is 3.89. The molecule has 0 spiro atoms. The van der Waals surface area contributed by atoms with Gasteiger partial charge in [-0.3, -0.25) is 4.72 Å². The van der Waals surface area contributed by atoms with Gasteiger partial charge >= 0.3 is 0 Å². The van der Waals surface area contributed by atoms with Crippen molar-refractivity contribution >= 4 is 15.7 Å². The number of methoxy groups -OCH3 is 1. The molecule has 1 N–H and O–H groups in total. The average Bonchev–Trinajstić information content (AvgIpc) is 3.12. The molecule has 0 unspecified atom stereocenters. The van der Waals surface area contributed by atoms with Crippen LogP contribution in [0.25, 0.3) is 11.3 Å². The van der Waals surface area contributed by atoms with Gasteiger partial charge in [0.05, 0.1) is 19.0 Å². The van der Waals surface area contributed by atoms with Gasteiger partial charge in [0.25, 0.3) is 10.0 Å². The maximum atomic E-state index is 12.9. The molecule has 25 heavy (non-hydrogen) atoms. The second-order valence-corrected chi connectivity index (χ2v) is 7.27. The molecule has 0 radical (unpaired) electrons. The number of nitrogens with one attached hydrogen (secondary N) is 1. The maximum absolute atomic E-state index is 12.9. The van der Waals surface area contributed by atoms with Gasteiger partial charge in [-0.05, 0) is 43.2 Å². The van der Waals surface area contributed by atoms with Crippen LogP contribution in [0.2, 0.25) is 0 Å². The van der Waals surface area contributed by atoms with Crippen LogP contribution < -0.4 is 9.46 Å². The number of para-hydroxylation sites is 1. The Labute approximate surface area is 146 Å². The summed E-state index contributed by atoms with van der Waals surface area (Å²) >= 11 is 0. The lowest BCUT2D eigenvalue weighted by Gasteiger charge is -2.15. The Morgan fingerprint density at radius 2 is 1.80 bits per heavy atom. The molecule has 0 atom stereocenters. The van der Waals surface area contributed by atoms with E-state index in [4.69, 9.17) is 9.26 Å². The molecule has 3 aromatic rings. The lowest BCUT2D eigenvalue weighted by molar-refractivity contribution is 0.402. The van der Waals surface area contributed by atoms with E-state index < -0.39 is 10.0 Å². The van der Waals surface area contributed by atoms with E-state index in [1.165, 1.54) is 19.4 Å². The molecule has 1 aromatic heterocycles.